The summed E-state index contributed by atoms with van der Waals surface area (Å²) >= 11 is 0. The molecule has 2 N–H and O–H groups in total. The van der Waals surface area contributed by atoms with E-state index in [1.54, 1.807) is 7.11 Å². The fraction of sp³-hybridized carbons (Fsp3) is 0.429. The molecule has 3 rings (SSSR count). The molecule has 0 spiro atoms. The maximum atomic E-state index is 6.05. The number of nitrogens with two attached hydrogens (primary N) is 1. The van der Waals surface area contributed by atoms with Crippen molar-refractivity contribution in [2.75, 3.05) is 27.2 Å². The maximum Gasteiger partial charge on any atom is 0.240 e. The largest absolute Gasteiger partial charge is 0.493 e. The Bertz CT molecular complexity index is 622. The number of likely N-dealkylation sites (N-methyl/N-ethyl adjacent to an activating group) is 1. The molecule has 2 heterocycles. The van der Waals surface area contributed by atoms with Crippen LogP contribution in [0.4, 0.5) is 0 Å². The molecule has 0 radical (unpaired) electrons. The summed E-state index contributed by atoms with van der Waals surface area (Å²) in [5, 5.41) is 3.95. The highest BCUT2D eigenvalue weighted by molar-refractivity contribution is 5.68. The first-order chi connectivity index (χ1) is 10.2. The van der Waals surface area contributed by atoms with Gasteiger partial charge in [-0.15, -0.1) is 0 Å². The molecule has 1 aliphatic rings. The van der Waals surface area contributed by atoms with E-state index in [1.807, 2.05) is 18.2 Å². The van der Waals surface area contributed by atoms with Gasteiger partial charge in [-0.25, -0.2) is 0 Å². The Morgan fingerprint density at radius 3 is 2.86 bits per heavy atom. The lowest BCUT2D eigenvalue weighted by molar-refractivity contribution is 0.0373. The number of hydrogen-bond acceptors (Lipinski definition) is 7. The van der Waals surface area contributed by atoms with E-state index in [4.69, 9.17) is 19.7 Å². The summed E-state index contributed by atoms with van der Waals surface area (Å²) in [4.78, 5) is 6.43. The van der Waals surface area contributed by atoms with E-state index in [9.17, 15) is 0 Å². The third-order valence-corrected chi connectivity index (χ3v) is 3.40. The molecule has 0 unspecified atom stereocenters. The van der Waals surface area contributed by atoms with E-state index >= 15 is 0 Å². The monoisotopic (exact) mass is 290 g/mol. The van der Waals surface area contributed by atoms with Crippen LogP contribution in [0, 0.1) is 0 Å². The second-order valence-corrected chi connectivity index (χ2v) is 5.01. The summed E-state index contributed by atoms with van der Waals surface area (Å²) in [5.41, 5.74) is 6.25. The van der Waals surface area contributed by atoms with Crippen molar-refractivity contribution in [2.45, 2.75) is 12.6 Å². The van der Waals surface area contributed by atoms with Crippen LogP contribution >= 0.6 is 0 Å². The molecule has 0 bridgehead atoms. The molecule has 1 aromatic heterocycles. The highest BCUT2D eigenvalue weighted by Gasteiger charge is 2.28. The molecule has 1 aliphatic heterocycles. The minimum atomic E-state index is 0.144. The smallest absolute Gasteiger partial charge is 0.240 e. The number of nitrogens with zero attached hydrogens (tertiary/aromatic N) is 3. The van der Waals surface area contributed by atoms with Gasteiger partial charge in [0.2, 0.25) is 11.7 Å². The number of para-hydroxylation sites is 1. The van der Waals surface area contributed by atoms with Crippen LogP contribution < -0.4 is 15.2 Å². The minimum Gasteiger partial charge on any atom is -0.493 e. The summed E-state index contributed by atoms with van der Waals surface area (Å²) in [6, 6.07) is 5.60. The maximum absolute atomic E-state index is 6.05. The van der Waals surface area contributed by atoms with E-state index in [0.717, 1.165) is 18.7 Å². The average molecular weight is 290 g/mol. The number of methoxy groups -OCH3 is 1. The van der Waals surface area contributed by atoms with E-state index in [-0.39, 0.29) is 12.6 Å². The molecule has 0 atom stereocenters. The van der Waals surface area contributed by atoms with Crippen LogP contribution in [0.25, 0.3) is 11.4 Å². The second-order valence-electron chi connectivity index (χ2n) is 5.01. The highest BCUT2D eigenvalue weighted by Crippen LogP contribution is 2.38. The van der Waals surface area contributed by atoms with Gasteiger partial charge in [0.1, 0.15) is 6.10 Å². The molecular weight excluding hydrogens is 272 g/mol. The van der Waals surface area contributed by atoms with Gasteiger partial charge in [-0.3, -0.25) is 4.90 Å². The molecule has 1 aromatic carbocycles. The summed E-state index contributed by atoms with van der Waals surface area (Å²) in [7, 11) is 3.66. The van der Waals surface area contributed by atoms with E-state index in [1.165, 1.54) is 0 Å². The van der Waals surface area contributed by atoms with Gasteiger partial charge in [-0.1, -0.05) is 11.2 Å². The summed E-state index contributed by atoms with van der Waals surface area (Å²) in [5.74, 6) is 2.14. The SMILES string of the molecule is COc1cccc(-c2noc(CN)n2)c1OC1CN(C)C1. The predicted octanol–water partition coefficient (Wildman–Crippen LogP) is 0.897. The van der Waals surface area contributed by atoms with Crippen LogP contribution in [0.5, 0.6) is 11.5 Å². The highest BCUT2D eigenvalue weighted by atomic mass is 16.5. The summed E-state index contributed by atoms with van der Waals surface area (Å²) in [6.07, 6.45) is 0.144. The minimum absolute atomic E-state index is 0.144. The summed E-state index contributed by atoms with van der Waals surface area (Å²) < 4.78 is 16.5. The Hall–Kier alpha value is -2.12. The van der Waals surface area contributed by atoms with Gasteiger partial charge in [-0.2, -0.15) is 4.98 Å². The lowest BCUT2D eigenvalue weighted by Gasteiger charge is -2.36. The van der Waals surface area contributed by atoms with Gasteiger partial charge in [0.05, 0.1) is 19.2 Å². The van der Waals surface area contributed by atoms with Crippen LogP contribution in [0.15, 0.2) is 22.7 Å². The van der Waals surface area contributed by atoms with Gasteiger partial charge < -0.3 is 19.7 Å². The topological polar surface area (TPSA) is 86.6 Å². The van der Waals surface area contributed by atoms with E-state index in [0.29, 0.717) is 23.2 Å². The number of ether oxygens (including phenoxy) is 2. The Balaban J connectivity index is 1.94. The zero-order valence-electron chi connectivity index (χ0n) is 12.1. The number of benzene rings is 1. The molecule has 0 saturated carbocycles. The third kappa shape index (κ3) is 2.70. The Morgan fingerprint density at radius 1 is 1.43 bits per heavy atom. The van der Waals surface area contributed by atoms with Gasteiger partial charge in [0.25, 0.3) is 0 Å². The van der Waals surface area contributed by atoms with E-state index in [2.05, 4.69) is 22.1 Å². The van der Waals surface area contributed by atoms with E-state index < -0.39 is 0 Å². The molecule has 7 heteroatoms. The van der Waals surface area contributed by atoms with Crippen molar-refractivity contribution in [1.29, 1.82) is 0 Å². The number of hydrogen-bond donors (Lipinski definition) is 1. The molecular formula is C14H18N4O3. The molecule has 21 heavy (non-hydrogen) atoms. The first-order valence-corrected chi connectivity index (χ1v) is 6.76. The quantitative estimate of drug-likeness (QED) is 0.875. The van der Waals surface area contributed by atoms with Gasteiger partial charge in [0, 0.05) is 13.1 Å². The predicted molar refractivity (Wildman–Crippen MR) is 76.1 cm³/mol. The number of rotatable bonds is 5. The van der Waals surface area contributed by atoms with Gasteiger partial charge in [-0.05, 0) is 19.2 Å². The average Bonchev–Trinajstić information content (AvgIpc) is 2.94. The van der Waals surface area contributed by atoms with Crippen LogP contribution in [0.2, 0.25) is 0 Å². The fourth-order valence-electron chi connectivity index (χ4n) is 2.30. The van der Waals surface area contributed by atoms with Crippen molar-refractivity contribution in [2.24, 2.45) is 5.73 Å². The molecule has 0 amide bonds. The summed E-state index contributed by atoms with van der Waals surface area (Å²) in [6.45, 7) is 1.98. The molecule has 1 fully saturated rings. The van der Waals surface area contributed by atoms with Crippen LogP contribution in [0.3, 0.4) is 0 Å². The first kappa shape index (κ1) is 13.8. The van der Waals surface area contributed by atoms with Crippen molar-refractivity contribution < 1.29 is 14.0 Å². The van der Waals surface area contributed by atoms with Crippen molar-refractivity contribution in [3.8, 4) is 22.9 Å². The number of aromatic nitrogens is 2. The van der Waals surface area contributed by atoms with Crippen molar-refractivity contribution in [3.63, 3.8) is 0 Å². The molecule has 0 aliphatic carbocycles. The van der Waals surface area contributed by atoms with Crippen LogP contribution in [0.1, 0.15) is 5.89 Å². The van der Waals surface area contributed by atoms with Crippen molar-refractivity contribution in [1.82, 2.24) is 15.0 Å². The zero-order chi connectivity index (χ0) is 14.8. The molecule has 1 saturated heterocycles. The first-order valence-electron chi connectivity index (χ1n) is 6.76. The third-order valence-electron chi connectivity index (χ3n) is 3.40. The normalized spacial score (nSPS) is 15.8. The van der Waals surface area contributed by atoms with Crippen molar-refractivity contribution in [3.05, 3.63) is 24.1 Å². The second kappa shape index (κ2) is 5.71. The lowest BCUT2D eigenvalue weighted by Crippen LogP contribution is -2.51. The Kier molecular flexibility index (Phi) is 3.76. The number of likely N-dealkylation sites (tertiary alicyclic amines) is 1. The van der Waals surface area contributed by atoms with Crippen molar-refractivity contribution >= 4 is 0 Å². The standard InChI is InChI=1S/C14H18N4O3/c1-18-7-9(8-18)20-13-10(4-3-5-11(13)19-2)14-16-12(6-15)21-17-14/h3-5,9H,6-8,15H2,1-2H3. The molecule has 2 aromatic rings. The fourth-order valence-corrected chi connectivity index (χ4v) is 2.30. The molecule has 112 valence electrons. The zero-order valence-corrected chi connectivity index (χ0v) is 12.1. The lowest BCUT2D eigenvalue weighted by atomic mass is 10.1. The Labute approximate surface area is 122 Å². The van der Waals surface area contributed by atoms with Gasteiger partial charge in [0.15, 0.2) is 11.5 Å². The van der Waals surface area contributed by atoms with Gasteiger partial charge >= 0.3 is 0 Å². The van der Waals surface area contributed by atoms with Crippen LogP contribution in [-0.4, -0.2) is 48.4 Å². The van der Waals surface area contributed by atoms with Crippen LogP contribution in [-0.2, 0) is 6.54 Å². The molecule has 7 nitrogen and oxygen atoms in total. The Morgan fingerprint density at radius 2 is 2.24 bits per heavy atom.